The molecule has 0 aliphatic carbocycles. The maximum absolute atomic E-state index is 12.2. The third kappa shape index (κ3) is 4.28. The van der Waals surface area contributed by atoms with Crippen molar-refractivity contribution in [3.05, 3.63) is 62.2 Å². The molecule has 0 fully saturated rings. The summed E-state index contributed by atoms with van der Waals surface area (Å²) < 4.78 is 17.0. The number of rotatable bonds is 4. The first-order valence-corrected chi connectivity index (χ1v) is 9.31. The van der Waals surface area contributed by atoms with Crippen molar-refractivity contribution >= 4 is 55.8 Å². The van der Waals surface area contributed by atoms with Gasteiger partial charge in [-0.25, -0.2) is 9.79 Å². The van der Waals surface area contributed by atoms with Gasteiger partial charge in [0.2, 0.25) is 5.90 Å². The molecule has 0 spiro atoms. The molecule has 0 N–H and O–H groups in total. The Bertz CT molecular complexity index is 998. The van der Waals surface area contributed by atoms with E-state index in [1.807, 2.05) is 18.2 Å². The third-order valence-corrected chi connectivity index (χ3v) is 4.81. The molecule has 1 aliphatic rings. The van der Waals surface area contributed by atoms with E-state index in [1.165, 1.54) is 14.0 Å². The summed E-state index contributed by atoms with van der Waals surface area (Å²) in [5, 5.41) is 0. The maximum Gasteiger partial charge on any atom is 0.363 e. The summed E-state index contributed by atoms with van der Waals surface area (Å²) in [4.78, 5) is 27.7. The Labute approximate surface area is 172 Å². The van der Waals surface area contributed by atoms with Gasteiger partial charge in [0.05, 0.1) is 17.1 Å². The van der Waals surface area contributed by atoms with Gasteiger partial charge in [0.25, 0.3) is 0 Å². The molecule has 27 heavy (non-hydrogen) atoms. The second-order valence-corrected chi connectivity index (χ2v) is 7.15. The first kappa shape index (κ1) is 19.3. The van der Waals surface area contributed by atoms with Gasteiger partial charge in [-0.15, -0.1) is 0 Å². The molecule has 0 saturated carbocycles. The summed E-state index contributed by atoms with van der Waals surface area (Å²) in [6, 6.07) is 10.6. The van der Waals surface area contributed by atoms with E-state index in [9.17, 15) is 9.59 Å². The Kier molecular flexibility index (Phi) is 5.76. The Morgan fingerprint density at radius 2 is 1.93 bits per heavy atom. The van der Waals surface area contributed by atoms with Crippen molar-refractivity contribution in [2.75, 3.05) is 7.11 Å². The van der Waals surface area contributed by atoms with Gasteiger partial charge in [0.15, 0.2) is 17.2 Å². The van der Waals surface area contributed by atoms with Crippen molar-refractivity contribution < 1.29 is 23.8 Å². The summed E-state index contributed by atoms with van der Waals surface area (Å²) in [7, 11) is 1.46. The molecule has 1 heterocycles. The maximum atomic E-state index is 12.2. The standard InChI is InChI=1S/C19H13Br2NO5/c1-10(23)26-17-14(21)7-11(9-16(17)25-2)8-15-19(24)27-18(22-15)12-5-3-4-6-13(12)20/h3-9H,1-2H3. The minimum absolute atomic E-state index is 0.148. The van der Waals surface area contributed by atoms with E-state index < -0.39 is 11.9 Å². The van der Waals surface area contributed by atoms with E-state index in [0.717, 1.165) is 4.47 Å². The lowest BCUT2D eigenvalue weighted by molar-refractivity contribution is -0.132. The number of ether oxygens (including phenoxy) is 3. The van der Waals surface area contributed by atoms with Crippen LogP contribution in [0.4, 0.5) is 0 Å². The predicted octanol–water partition coefficient (Wildman–Crippen LogP) is 4.49. The van der Waals surface area contributed by atoms with Gasteiger partial charge in [-0.1, -0.05) is 12.1 Å². The number of nitrogens with zero attached hydrogens (tertiary/aromatic N) is 1. The Morgan fingerprint density at radius 3 is 2.59 bits per heavy atom. The van der Waals surface area contributed by atoms with Crippen molar-refractivity contribution in [1.29, 1.82) is 0 Å². The van der Waals surface area contributed by atoms with Crippen LogP contribution in [0.2, 0.25) is 0 Å². The fourth-order valence-corrected chi connectivity index (χ4v) is 3.38. The van der Waals surface area contributed by atoms with E-state index in [4.69, 9.17) is 14.2 Å². The molecule has 3 rings (SSSR count). The van der Waals surface area contributed by atoms with Crippen molar-refractivity contribution in [1.82, 2.24) is 0 Å². The van der Waals surface area contributed by atoms with E-state index >= 15 is 0 Å². The number of benzene rings is 2. The van der Waals surface area contributed by atoms with Gasteiger partial charge in [0, 0.05) is 11.4 Å². The molecule has 8 heteroatoms. The fourth-order valence-electron chi connectivity index (χ4n) is 2.38. The zero-order valence-electron chi connectivity index (χ0n) is 14.3. The Morgan fingerprint density at radius 1 is 1.19 bits per heavy atom. The van der Waals surface area contributed by atoms with Crippen LogP contribution in [0, 0.1) is 0 Å². The predicted molar refractivity (Wildman–Crippen MR) is 107 cm³/mol. The van der Waals surface area contributed by atoms with Crippen LogP contribution in [-0.4, -0.2) is 24.9 Å². The van der Waals surface area contributed by atoms with E-state index in [2.05, 4.69) is 36.9 Å². The van der Waals surface area contributed by atoms with Crippen LogP contribution in [-0.2, 0) is 14.3 Å². The van der Waals surface area contributed by atoms with Crippen LogP contribution in [0.15, 0.2) is 56.0 Å². The number of carbonyl (C=O) groups excluding carboxylic acids is 2. The molecule has 138 valence electrons. The number of aliphatic imine (C=N–C) groups is 1. The summed E-state index contributed by atoms with van der Waals surface area (Å²) in [6.45, 7) is 1.30. The smallest absolute Gasteiger partial charge is 0.363 e. The lowest BCUT2D eigenvalue weighted by atomic mass is 10.1. The van der Waals surface area contributed by atoms with Gasteiger partial charge < -0.3 is 14.2 Å². The first-order chi connectivity index (χ1) is 12.9. The van der Waals surface area contributed by atoms with Crippen molar-refractivity contribution in [3.63, 3.8) is 0 Å². The van der Waals surface area contributed by atoms with Gasteiger partial charge in [0.1, 0.15) is 0 Å². The fraction of sp³-hybridized carbons (Fsp3) is 0.105. The number of carbonyl (C=O) groups is 2. The average molecular weight is 495 g/mol. The van der Waals surface area contributed by atoms with Crippen LogP contribution in [0.1, 0.15) is 18.1 Å². The minimum Gasteiger partial charge on any atom is -0.493 e. The number of methoxy groups -OCH3 is 1. The number of halogens is 2. The summed E-state index contributed by atoms with van der Waals surface area (Å²) in [6.07, 6.45) is 1.57. The topological polar surface area (TPSA) is 74.2 Å². The number of hydrogen-bond donors (Lipinski definition) is 0. The molecule has 0 aromatic heterocycles. The minimum atomic E-state index is -0.556. The average Bonchev–Trinajstić information content (AvgIpc) is 2.97. The van der Waals surface area contributed by atoms with Crippen LogP contribution in [0.3, 0.4) is 0 Å². The molecule has 0 amide bonds. The van der Waals surface area contributed by atoms with Gasteiger partial charge in [-0.2, -0.15) is 0 Å². The number of cyclic esters (lactones) is 1. The molecule has 2 aromatic carbocycles. The highest BCUT2D eigenvalue weighted by Crippen LogP contribution is 2.37. The lowest BCUT2D eigenvalue weighted by Gasteiger charge is -2.11. The molecular formula is C19H13Br2NO5. The molecule has 0 atom stereocenters. The van der Waals surface area contributed by atoms with Gasteiger partial charge in [-0.05, 0) is 67.8 Å². The Balaban J connectivity index is 1.99. The largest absolute Gasteiger partial charge is 0.493 e. The monoisotopic (exact) mass is 493 g/mol. The number of esters is 2. The normalized spacial score (nSPS) is 14.7. The highest BCUT2D eigenvalue weighted by molar-refractivity contribution is 9.10. The highest BCUT2D eigenvalue weighted by Gasteiger charge is 2.25. The summed E-state index contributed by atoms with van der Waals surface area (Å²) in [5.41, 5.74) is 1.45. The zero-order chi connectivity index (χ0) is 19.6. The van der Waals surface area contributed by atoms with Crippen molar-refractivity contribution in [2.24, 2.45) is 4.99 Å². The van der Waals surface area contributed by atoms with E-state index in [0.29, 0.717) is 21.3 Å². The molecule has 0 saturated heterocycles. The SMILES string of the molecule is COc1cc(C=C2N=C(c3ccccc3Br)OC2=O)cc(Br)c1OC(C)=O. The van der Waals surface area contributed by atoms with Crippen molar-refractivity contribution in [2.45, 2.75) is 6.92 Å². The van der Waals surface area contributed by atoms with Gasteiger partial charge >= 0.3 is 11.9 Å². The second-order valence-electron chi connectivity index (χ2n) is 5.44. The third-order valence-electron chi connectivity index (χ3n) is 3.53. The van der Waals surface area contributed by atoms with Gasteiger partial charge in [-0.3, -0.25) is 4.79 Å². The molecule has 0 radical (unpaired) electrons. The molecular weight excluding hydrogens is 482 g/mol. The molecule has 1 aliphatic heterocycles. The van der Waals surface area contributed by atoms with Crippen LogP contribution >= 0.6 is 31.9 Å². The molecule has 6 nitrogen and oxygen atoms in total. The van der Waals surface area contributed by atoms with E-state index in [1.54, 1.807) is 24.3 Å². The van der Waals surface area contributed by atoms with Crippen LogP contribution in [0.5, 0.6) is 11.5 Å². The lowest BCUT2D eigenvalue weighted by Crippen LogP contribution is -2.06. The molecule has 0 unspecified atom stereocenters. The Hall–Kier alpha value is -2.45. The quantitative estimate of drug-likeness (QED) is 0.355. The summed E-state index contributed by atoms with van der Waals surface area (Å²) >= 11 is 6.76. The molecule has 2 aromatic rings. The van der Waals surface area contributed by atoms with E-state index in [-0.39, 0.29) is 17.3 Å². The zero-order valence-corrected chi connectivity index (χ0v) is 17.5. The second kappa shape index (κ2) is 8.06. The van der Waals surface area contributed by atoms with Crippen LogP contribution in [0.25, 0.3) is 6.08 Å². The van der Waals surface area contributed by atoms with Crippen LogP contribution < -0.4 is 9.47 Å². The molecule has 0 bridgehead atoms. The number of hydrogen-bond acceptors (Lipinski definition) is 6. The highest BCUT2D eigenvalue weighted by atomic mass is 79.9. The van der Waals surface area contributed by atoms with Crippen molar-refractivity contribution in [3.8, 4) is 11.5 Å². The first-order valence-electron chi connectivity index (χ1n) is 7.72. The summed E-state index contributed by atoms with van der Waals surface area (Å²) in [5.74, 6) is -0.199.